The molecule has 0 saturated heterocycles. The van der Waals surface area contributed by atoms with Crippen molar-refractivity contribution in [1.82, 2.24) is 9.88 Å². The normalized spacial score (nSPS) is 19.6. The second-order valence-corrected chi connectivity index (χ2v) is 9.56. The zero-order chi connectivity index (χ0) is 21.8. The Morgan fingerprint density at radius 3 is 2.45 bits per heavy atom. The third kappa shape index (κ3) is 3.15. The summed E-state index contributed by atoms with van der Waals surface area (Å²) < 4.78 is 2.37. The molecule has 0 radical (unpaired) electrons. The number of nitrogens with zero attached hydrogens (tertiary/aromatic N) is 1. The summed E-state index contributed by atoms with van der Waals surface area (Å²) in [7, 11) is 2.19. The first-order valence-corrected chi connectivity index (χ1v) is 11.2. The molecule has 1 N–H and O–H groups in total. The lowest BCUT2D eigenvalue weighted by Crippen LogP contribution is -2.24. The molecular formula is C28H30N2O. The van der Waals surface area contributed by atoms with E-state index < -0.39 is 0 Å². The third-order valence-electron chi connectivity index (χ3n) is 7.56. The van der Waals surface area contributed by atoms with Crippen LogP contribution in [0.25, 0.3) is 21.7 Å². The van der Waals surface area contributed by atoms with Gasteiger partial charge in [0.25, 0.3) is 5.91 Å². The van der Waals surface area contributed by atoms with E-state index >= 15 is 0 Å². The van der Waals surface area contributed by atoms with Crippen molar-refractivity contribution >= 4 is 27.6 Å². The van der Waals surface area contributed by atoms with Crippen LogP contribution < -0.4 is 5.32 Å². The fraction of sp³-hybridized carbons (Fsp3) is 0.321. The van der Waals surface area contributed by atoms with Crippen LogP contribution >= 0.6 is 0 Å². The topological polar surface area (TPSA) is 34.0 Å². The number of aromatic nitrogens is 1. The highest BCUT2D eigenvalue weighted by molar-refractivity contribution is 6.08. The van der Waals surface area contributed by atoms with Gasteiger partial charge >= 0.3 is 0 Å². The zero-order valence-electron chi connectivity index (χ0n) is 18.8. The molecule has 3 nitrogen and oxygen atoms in total. The van der Waals surface area contributed by atoms with Crippen LogP contribution in [-0.2, 0) is 7.05 Å². The quantitative estimate of drug-likeness (QED) is 0.418. The van der Waals surface area contributed by atoms with Crippen molar-refractivity contribution in [2.45, 2.75) is 33.1 Å². The molecule has 3 aromatic carbocycles. The maximum absolute atomic E-state index is 12.4. The molecule has 1 fully saturated rings. The average molecular weight is 411 g/mol. The Kier molecular flexibility index (Phi) is 4.65. The number of benzene rings is 3. The van der Waals surface area contributed by atoms with Gasteiger partial charge in [0.15, 0.2) is 0 Å². The van der Waals surface area contributed by atoms with Gasteiger partial charge in [-0.05, 0) is 53.7 Å². The first-order valence-electron chi connectivity index (χ1n) is 11.2. The molecule has 1 aliphatic rings. The number of carbonyl (C=O) groups is 1. The highest BCUT2D eigenvalue weighted by atomic mass is 16.1. The molecule has 5 rings (SSSR count). The summed E-state index contributed by atoms with van der Waals surface area (Å²) in [6, 6.07) is 22.7. The number of hydrogen-bond acceptors (Lipinski definition) is 1. The fourth-order valence-electron chi connectivity index (χ4n) is 5.66. The van der Waals surface area contributed by atoms with Crippen molar-refractivity contribution in [2.24, 2.45) is 18.4 Å². The number of hydrogen-bond donors (Lipinski definition) is 1. The van der Waals surface area contributed by atoms with Gasteiger partial charge in [-0.15, -0.1) is 0 Å². The summed E-state index contributed by atoms with van der Waals surface area (Å²) >= 11 is 0. The van der Waals surface area contributed by atoms with Crippen molar-refractivity contribution in [2.75, 3.05) is 6.54 Å². The predicted octanol–water partition coefficient (Wildman–Crippen LogP) is 6.20. The SMILES string of the molecule is Cc1c([C@@H]2[C@@H](CCNC(=O)c3ccccc3)C2(C)C)c2ccc3ccccc3c2n1C. The van der Waals surface area contributed by atoms with Crippen LogP contribution in [0.2, 0.25) is 0 Å². The second kappa shape index (κ2) is 7.26. The monoisotopic (exact) mass is 410 g/mol. The molecule has 0 spiro atoms. The Labute approximate surface area is 184 Å². The van der Waals surface area contributed by atoms with E-state index in [-0.39, 0.29) is 11.3 Å². The van der Waals surface area contributed by atoms with Crippen LogP contribution in [0.3, 0.4) is 0 Å². The number of rotatable bonds is 5. The minimum absolute atomic E-state index is 0.0171. The fourth-order valence-corrected chi connectivity index (χ4v) is 5.66. The molecular weight excluding hydrogens is 380 g/mol. The van der Waals surface area contributed by atoms with Crippen LogP contribution in [0.4, 0.5) is 0 Å². The van der Waals surface area contributed by atoms with Crippen LogP contribution in [0.5, 0.6) is 0 Å². The number of carbonyl (C=O) groups excluding carboxylic acids is 1. The van der Waals surface area contributed by atoms with Crippen molar-refractivity contribution in [1.29, 1.82) is 0 Å². The molecule has 1 aromatic heterocycles. The molecule has 31 heavy (non-hydrogen) atoms. The first kappa shape index (κ1) is 19.9. The highest BCUT2D eigenvalue weighted by Crippen LogP contribution is 2.67. The van der Waals surface area contributed by atoms with Gasteiger partial charge in [-0.1, -0.05) is 68.4 Å². The van der Waals surface area contributed by atoms with Crippen molar-refractivity contribution in [3.8, 4) is 0 Å². The maximum Gasteiger partial charge on any atom is 0.251 e. The van der Waals surface area contributed by atoms with Gasteiger partial charge in [-0.25, -0.2) is 0 Å². The zero-order valence-corrected chi connectivity index (χ0v) is 18.8. The first-order chi connectivity index (χ1) is 14.9. The second-order valence-electron chi connectivity index (χ2n) is 9.56. The molecule has 1 aliphatic carbocycles. The van der Waals surface area contributed by atoms with Gasteiger partial charge in [0.1, 0.15) is 0 Å². The molecule has 1 heterocycles. The molecule has 1 saturated carbocycles. The number of aryl methyl sites for hydroxylation is 1. The standard InChI is InChI=1S/C28H30N2O/c1-18-24(22-15-14-19-10-8-9-13-21(19)26(22)30(18)4)25-23(28(25,2)3)16-17-29-27(31)20-11-6-5-7-12-20/h5-15,23,25H,16-17H2,1-4H3,(H,29,31)/t23-,25+/m1/s1. The van der Waals surface area contributed by atoms with Crippen LogP contribution in [0.1, 0.15) is 47.8 Å². The van der Waals surface area contributed by atoms with Gasteiger partial charge in [0.2, 0.25) is 0 Å². The van der Waals surface area contributed by atoms with Gasteiger partial charge in [-0.3, -0.25) is 4.79 Å². The van der Waals surface area contributed by atoms with E-state index in [1.165, 1.54) is 32.9 Å². The van der Waals surface area contributed by atoms with Crippen molar-refractivity contribution < 1.29 is 4.79 Å². The molecule has 1 amide bonds. The number of fused-ring (bicyclic) bond motifs is 3. The van der Waals surface area contributed by atoms with Crippen LogP contribution in [-0.4, -0.2) is 17.0 Å². The summed E-state index contributed by atoms with van der Waals surface area (Å²) in [4.78, 5) is 12.4. The predicted molar refractivity (Wildman–Crippen MR) is 129 cm³/mol. The van der Waals surface area contributed by atoms with E-state index in [4.69, 9.17) is 0 Å². The van der Waals surface area contributed by atoms with E-state index in [9.17, 15) is 4.79 Å². The van der Waals surface area contributed by atoms with Gasteiger partial charge in [0, 0.05) is 35.6 Å². The largest absolute Gasteiger partial charge is 0.352 e. The lowest BCUT2D eigenvalue weighted by Gasteiger charge is -2.06. The highest BCUT2D eigenvalue weighted by Gasteiger charge is 2.58. The minimum atomic E-state index is 0.0171. The molecule has 158 valence electrons. The molecule has 0 unspecified atom stereocenters. The van der Waals surface area contributed by atoms with E-state index in [2.05, 4.69) is 74.1 Å². The van der Waals surface area contributed by atoms with E-state index in [0.29, 0.717) is 18.4 Å². The van der Waals surface area contributed by atoms with Crippen molar-refractivity contribution in [3.63, 3.8) is 0 Å². The van der Waals surface area contributed by atoms with Gasteiger partial charge < -0.3 is 9.88 Å². The van der Waals surface area contributed by atoms with E-state index in [0.717, 1.165) is 12.0 Å². The Morgan fingerprint density at radius 2 is 1.68 bits per heavy atom. The molecule has 0 aliphatic heterocycles. The number of amides is 1. The molecule has 2 atom stereocenters. The Hall–Kier alpha value is -3.07. The average Bonchev–Trinajstić information content (AvgIpc) is 3.21. The Balaban J connectivity index is 1.41. The lowest BCUT2D eigenvalue weighted by molar-refractivity contribution is 0.0952. The molecule has 0 bridgehead atoms. The van der Waals surface area contributed by atoms with Crippen molar-refractivity contribution in [3.05, 3.63) is 83.6 Å². The summed E-state index contributed by atoms with van der Waals surface area (Å²) in [5.41, 5.74) is 5.16. The lowest BCUT2D eigenvalue weighted by atomic mass is 9.98. The minimum Gasteiger partial charge on any atom is -0.352 e. The van der Waals surface area contributed by atoms with E-state index in [1.54, 1.807) is 0 Å². The smallest absolute Gasteiger partial charge is 0.251 e. The summed E-state index contributed by atoms with van der Waals surface area (Å²) in [5, 5.41) is 7.11. The molecule has 4 aromatic rings. The Morgan fingerprint density at radius 1 is 0.968 bits per heavy atom. The summed E-state index contributed by atoms with van der Waals surface area (Å²) in [6.45, 7) is 7.72. The molecule has 3 heteroatoms. The number of nitrogens with one attached hydrogen (secondary N) is 1. The Bertz CT molecular complexity index is 1280. The third-order valence-corrected chi connectivity index (χ3v) is 7.56. The van der Waals surface area contributed by atoms with Crippen LogP contribution in [0, 0.1) is 18.3 Å². The summed E-state index contributed by atoms with van der Waals surface area (Å²) in [6.07, 6.45) is 1.000. The van der Waals surface area contributed by atoms with Gasteiger partial charge in [-0.2, -0.15) is 0 Å². The summed E-state index contributed by atoms with van der Waals surface area (Å²) in [5.74, 6) is 1.11. The maximum atomic E-state index is 12.4. The van der Waals surface area contributed by atoms with Crippen LogP contribution in [0.15, 0.2) is 66.7 Å². The van der Waals surface area contributed by atoms with Gasteiger partial charge in [0.05, 0.1) is 5.52 Å². The van der Waals surface area contributed by atoms with E-state index in [1.807, 2.05) is 30.3 Å².